The molecule has 2 unspecified atom stereocenters. The van der Waals surface area contributed by atoms with Gasteiger partial charge in [-0.25, -0.2) is 13.2 Å². The lowest BCUT2D eigenvalue weighted by molar-refractivity contribution is 0.108. The summed E-state index contributed by atoms with van der Waals surface area (Å²) >= 11 is 1.17. The molecule has 1 aromatic carbocycles. The van der Waals surface area contributed by atoms with Gasteiger partial charge in [0.1, 0.15) is 12.8 Å². The number of halogens is 3. The first-order valence-electron chi connectivity index (χ1n) is 6.21. The van der Waals surface area contributed by atoms with Gasteiger partial charge in [0.2, 0.25) is 5.12 Å². The summed E-state index contributed by atoms with van der Waals surface area (Å²) in [6, 6.07) is 8.89. The van der Waals surface area contributed by atoms with Crippen molar-refractivity contribution in [1.29, 1.82) is 0 Å². The van der Waals surface area contributed by atoms with Gasteiger partial charge in [-0.05, 0) is 19.3 Å². The summed E-state index contributed by atoms with van der Waals surface area (Å²) in [7, 11) is 0. The van der Waals surface area contributed by atoms with Gasteiger partial charge < -0.3 is 0 Å². The summed E-state index contributed by atoms with van der Waals surface area (Å²) in [5, 5.41) is -0.0236. The van der Waals surface area contributed by atoms with Crippen molar-refractivity contribution in [3.63, 3.8) is 0 Å². The second-order valence-corrected chi connectivity index (χ2v) is 5.25. The lowest BCUT2D eigenvalue weighted by Crippen LogP contribution is -2.19. The number of carbonyl (C=O) groups is 1. The van der Waals surface area contributed by atoms with Gasteiger partial charge in [0.15, 0.2) is 6.17 Å². The summed E-state index contributed by atoms with van der Waals surface area (Å²) < 4.78 is 37.4. The van der Waals surface area contributed by atoms with E-state index in [9.17, 15) is 18.0 Å². The molecule has 0 bridgehead atoms. The maximum absolute atomic E-state index is 13.0. The molecule has 0 aliphatic heterocycles. The normalized spacial score (nSPS) is 14.1. The van der Waals surface area contributed by atoms with Crippen LogP contribution in [0.3, 0.4) is 0 Å². The first-order chi connectivity index (χ1) is 9.15. The third-order valence-electron chi connectivity index (χ3n) is 2.66. The standard InChI is InChI=1S/C14H17F3OS/c15-10-13(17)12(16)8-4-5-9-19-14(18)11-6-2-1-3-7-11/h1-3,6-7,12-13H,4-5,8-10H2. The van der Waals surface area contributed by atoms with Crippen LogP contribution in [0.4, 0.5) is 13.2 Å². The Balaban J connectivity index is 2.13. The van der Waals surface area contributed by atoms with Crippen LogP contribution in [0.25, 0.3) is 0 Å². The van der Waals surface area contributed by atoms with E-state index in [1.54, 1.807) is 24.3 Å². The molecule has 2 atom stereocenters. The highest BCUT2D eigenvalue weighted by molar-refractivity contribution is 8.14. The molecule has 0 heterocycles. The molecule has 5 heteroatoms. The zero-order chi connectivity index (χ0) is 14.1. The predicted octanol–water partition coefficient (Wildman–Crippen LogP) is 4.38. The Bertz CT molecular complexity index is 372. The maximum atomic E-state index is 13.0. The molecule has 1 aromatic rings. The fraction of sp³-hybridized carbons (Fsp3) is 0.500. The summed E-state index contributed by atoms with van der Waals surface area (Å²) in [6.45, 7) is -1.28. The largest absolute Gasteiger partial charge is 0.282 e. The lowest BCUT2D eigenvalue weighted by Gasteiger charge is -2.09. The van der Waals surface area contributed by atoms with E-state index in [0.29, 0.717) is 24.2 Å². The van der Waals surface area contributed by atoms with Crippen LogP contribution in [-0.2, 0) is 0 Å². The SMILES string of the molecule is O=C(SCCCCC(F)C(F)CF)c1ccccc1. The van der Waals surface area contributed by atoms with Crippen molar-refractivity contribution in [2.75, 3.05) is 12.4 Å². The van der Waals surface area contributed by atoms with Crippen LogP contribution in [0.1, 0.15) is 29.6 Å². The minimum absolute atomic E-state index is 0.00513. The predicted molar refractivity (Wildman–Crippen MR) is 72.8 cm³/mol. The Hall–Kier alpha value is -0.970. The van der Waals surface area contributed by atoms with E-state index in [-0.39, 0.29) is 11.5 Å². The molecule has 0 aliphatic rings. The van der Waals surface area contributed by atoms with Gasteiger partial charge in [0.25, 0.3) is 0 Å². The summed E-state index contributed by atoms with van der Waals surface area (Å²) in [4.78, 5) is 11.7. The number of carbonyl (C=O) groups excluding carboxylic acids is 1. The van der Waals surface area contributed by atoms with Gasteiger partial charge in [-0.15, -0.1) is 0 Å². The molecule has 0 radical (unpaired) electrons. The van der Waals surface area contributed by atoms with Crippen LogP contribution in [0, 0.1) is 0 Å². The minimum atomic E-state index is -2.02. The molecule has 19 heavy (non-hydrogen) atoms. The van der Waals surface area contributed by atoms with E-state index in [4.69, 9.17) is 0 Å². The average molecular weight is 290 g/mol. The molecule has 0 aliphatic carbocycles. The molecular weight excluding hydrogens is 273 g/mol. The van der Waals surface area contributed by atoms with Crippen molar-refractivity contribution < 1.29 is 18.0 Å². The molecule has 1 nitrogen and oxygen atoms in total. The average Bonchev–Trinajstić information content (AvgIpc) is 2.46. The molecule has 0 spiro atoms. The van der Waals surface area contributed by atoms with E-state index < -0.39 is 19.0 Å². The number of thioether (sulfide) groups is 1. The Labute approximate surface area is 115 Å². The number of hydrogen-bond donors (Lipinski definition) is 0. The molecule has 0 N–H and O–H groups in total. The smallest absolute Gasteiger partial charge is 0.219 e. The Morgan fingerprint density at radius 2 is 1.79 bits per heavy atom. The van der Waals surface area contributed by atoms with E-state index in [1.165, 1.54) is 11.8 Å². The first-order valence-corrected chi connectivity index (χ1v) is 7.20. The van der Waals surface area contributed by atoms with Gasteiger partial charge in [-0.2, -0.15) is 0 Å². The monoisotopic (exact) mass is 290 g/mol. The van der Waals surface area contributed by atoms with E-state index >= 15 is 0 Å². The second-order valence-electron chi connectivity index (χ2n) is 4.18. The number of hydrogen-bond acceptors (Lipinski definition) is 2. The van der Waals surface area contributed by atoms with Crippen LogP contribution in [0.2, 0.25) is 0 Å². The molecule has 0 saturated carbocycles. The lowest BCUT2D eigenvalue weighted by atomic mass is 10.1. The molecule has 0 fully saturated rings. The van der Waals surface area contributed by atoms with Crippen LogP contribution in [0.5, 0.6) is 0 Å². The van der Waals surface area contributed by atoms with E-state index in [2.05, 4.69) is 0 Å². The van der Waals surface area contributed by atoms with E-state index in [1.807, 2.05) is 6.07 Å². The summed E-state index contributed by atoms with van der Waals surface area (Å²) in [5.41, 5.74) is 0.636. The van der Waals surface area contributed by atoms with Crippen molar-refractivity contribution >= 4 is 16.9 Å². The Morgan fingerprint density at radius 3 is 2.42 bits per heavy atom. The summed E-state index contributed by atoms with van der Waals surface area (Å²) in [6.07, 6.45) is -2.68. The van der Waals surface area contributed by atoms with Gasteiger partial charge in [-0.3, -0.25) is 4.79 Å². The zero-order valence-electron chi connectivity index (χ0n) is 10.5. The number of rotatable bonds is 8. The zero-order valence-corrected chi connectivity index (χ0v) is 11.3. The molecule has 0 aromatic heterocycles. The highest BCUT2D eigenvalue weighted by Gasteiger charge is 2.19. The number of alkyl halides is 3. The van der Waals surface area contributed by atoms with Crippen LogP contribution in [0.15, 0.2) is 30.3 Å². The third-order valence-corrected chi connectivity index (χ3v) is 3.65. The number of benzene rings is 1. The molecular formula is C14H17F3OS. The van der Waals surface area contributed by atoms with Crippen molar-refractivity contribution in [1.82, 2.24) is 0 Å². The molecule has 106 valence electrons. The maximum Gasteiger partial charge on any atom is 0.219 e. The van der Waals surface area contributed by atoms with Gasteiger partial charge >= 0.3 is 0 Å². The minimum Gasteiger partial charge on any atom is -0.282 e. The van der Waals surface area contributed by atoms with Crippen molar-refractivity contribution in [3.8, 4) is 0 Å². The first kappa shape index (κ1) is 16.1. The van der Waals surface area contributed by atoms with Crippen LogP contribution in [-0.4, -0.2) is 29.9 Å². The highest BCUT2D eigenvalue weighted by Crippen LogP contribution is 2.17. The fourth-order valence-electron chi connectivity index (χ4n) is 1.54. The topological polar surface area (TPSA) is 17.1 Å². The highest BCUT2D eigenvalue weighted by atomic mass is 32.2. The van der Waals surface area contributed by atoms with Crippen LogP contribution >= 0.6 is 11.8 Å². The Morgan fingerprint density at radius 1 is 1.11 bits per heavy atom. The molecule has 0 saturated heterocycles. The van der Waals surface area contributed by atoms with Gasteiger partial charge in [-0.1, -0.05) is 42.1 Å². The van der Waals surface area contributed by atoms with Crippen LogP contribution < -0.4 is 0 Å². The van der Waals surface area contributed by atoms with Crippen molar-refractivity contribution in [3.05, 3.63) is 35.9 Å². The van der Waals surface area contributed by atoms with Gasteiger partial charge in [0.05, 0.1) is 0 Å². The Kier molecular flexibility index (Phi) is 7.63. The van der Waals surface area contributed by atoms with Gasteiger partial charge in [0, 0.05) is 11.3 Å². The van der Waals surface area contributed by atoms with E-state index in [0.717, 1.165) is 0 Å². The van der Waals surface area contributed by atoms with Crippen molar-refractivity contribution in [2.24, 2.45) is 0 Å². The second kappa shape index (κ2) is 9.02. The quantitative estimate of drug-likeness (QED) is 0.661. The fourth-order valence-corrected chi connectivity index (χ4v) is 2.38. The van der Waals surface area contributed by atoms with Crippen molar-refractivity contribution in [2.45, 2.75) is 31.6 Å². The number of unbranched alkanes of at least 4 members (excludes halogenated alkanes) is 1. The molecule has 1 rings (SSSR count). The third kappa shape index (κ3) is 6.14. The summed E-state index contributed by atoms with van der Waals surface area (Å²) in [5.74, 6) is 0.563. The molecule has 0 amide bonds.